The molecule has 0 N–H and O–H groups in total. The van der Waals surface area contributed by atoms with Gasteiger partial charge in [-0.25, -0.2) is 0 Å². The van der Waals surface area contributed by atoms with Crippen LogP contribution in [0.3, 0.4) is 0 Å². The van der Waals surface area contributed by atoms with E-state index in [0.29, 0.717) is 5.78 Å². The molecule has 1 saturated heterocycles. The Balaban J connectivity index is 1.38. The van der Waals surface area contributed by atoms with Crippen LogP contribution in [0.2, 0.25) is 0 Å². The van der Waals surface area contributed by atoms with Crippen molar-refractivity contribution in [2.45, 2.75) is 39.5 Å². The van der Waals surface area contributed by atoms with E-state index in [0.717, 1.165) is 55.6 Å². The SMILES string of the molecule is C[C@@H]1C[C@@H](C)CN(CCCOc2ccc(C(=O)C3CC3)cc2)C1. The van der Waals surface area contributed by atoms with Crippen LogP contribution in [-0.2, 0) is 0 Å². The van der Waals surface area contributed by atoms with Crippen molar-refractivity contribution in [1.82, 2.24) is 4.90 Å². The fourth-order valence-electron chi connectivity index (χ4n) is 3.75. The fourth-order valence-corrected chi connectivity index (χ4v) is 3.75. The number of ether oxygens (including phenoxy) is 1. The summed E-state index contributed by atoms with van der Waals surface area (Å²) in [6, 6.07) is 7.68. The molecule has 1 aromatic carbocycles. The summed E-state index contributed by atoms with van der Waals surface area (Å²) in [5, 5.41) is 0. The number of hydrogen-bond acceptors (Lipinski definition) is 3. The summed E-state index contributed by atoms with van der Waals surface area (Å²) in [6.07, 6.45) is 4.54. The topological polar surface area (TPSA) is 29.5 Å². The highest BCUT2D eigenvalue weighted by atomic mass is 16.5. The molecule has 2 fully saturated rings. The smallest absolute Gasteiger partial charge is 0.165 e. The van der Waals surface area contributed by atoms with Crippen LogP contribution < -0.4 is 4.74 Å². The standard InChI is InChI=1S/C20H29NO2/c1-15-12-16(2)14-21(13-15)10-3-11-23-19-8-6-18(7-9-19)20(22)17-4-5-17/h6-9,15-17H,3-5,10-14H2,1-2H3/t15-,16-/m1/s1. The van der Waals surface area contributed by atoms with Gasteiger partial charge in [-0.2, -0.15) is 0 Å². The van der Waals surface area contributed by atoms with Gasteiger partial charge in [0, 0.05) is 31.1 Å². The average molecular weight is 315 g/mol. The Morgan fingerprint density at radius 1 is 1.13 bits per heavy atom. The quantitative estimate of drug-likeness (QED) is 0.562. The van der Waals surface area contributed by atoms with Crippen LogP contribution in [0.15, 0.2) is 24.3 Å². The molecule has 0 amide bonds. The summed E-state index contributed by atoms with van der Waals surface area (Å²) in [5.41, 5.74) is 0.830. The minimum absolute atomic E-state index is 0.288. The molecule has 3 nitrogen and oxygen atoms in total. The third-order valence-electron chi connectivity index (χ3n) is 4.92. The van der Waals surface area contributed by atoms with Gasteiger partial charge in [-0.3, -0.25) is 4.79 Å². The number of ketones is 1. The van der Waals surface area contributed by atoms with E-state index in [1.54, 1.807) is 0 Å². The van der Waals surface area contributed by atoms with Crippen LogP contribution in [-0.4, -0.2) is 36.9 Å². The number of hydrogen-bond donors (Lipinski definition) is 0. The lowest BCUT2D eigenvalue weighted by molar-refractivity contribution is 0.0967. The van der Waals surface area contributed by atoms with Gasteiger partial charge in [0.2, 0.25) is 0 Å². The summed E-state index contributed by atoms with van der Waals surface area (Å²) in [5.74, 6) is 3.09. The third-order valence-corrected chi connectivity index (χ3v) is 4.92. The summed E-state index contributed by atoms with van der Waals surface area (Å²) in [4.78, 5) is 14.5. The van der Waals surface area contributed by atoms with Gasteiger partial charge in [0.15, 0.2) is 5.78 Å². The molecule has 1 heterocycles. The Kier molecular flexibility index (Phi) is 5.37. The van der Waals surface area contributed by atoms with Crippen molar-refractivity contribution in [1.29, 1.82) is 0 Å². The van der Waals surface area contributed by atoms with Crippen molar-refractivity contribution >= 4 is 5.78 Å². The van der Waals surface area contributed by atoms with Crippen molar-refractivity contribution in [3.05, 3.63) is 29.8 Å². The molecular formula is C20H29NO2. The first kappa shape index (κ1) is 16.5. The molecule has 1 aromatic rings. The molecule has 2 atom stereocenters. The molecule has 23 heavy (non-hydrogen) atoms. The Bertz CT molecular complexity index is 511. The molecule has 1 aliphatic carbocycles. The highest BCUT2D eigenvalue weighted by Crippen LogP contribution is 2.32. The largest absolute Gasteiger partial charge is 0.494 e. The van der Waals surface area contributed by atoms with E-state index in [2.05, 4.69) is 18.7 Å². The first-order valence-corrected chi connectivity index (χ1v) is 9.11. The number of benzene rings is 1. The Morgan fingerprint density at radius 2 is 1.78 bits per heavy atom. The van der Waals surface area contributed by atoms with Gasteiger partial charge in [-0.05, 0) is 61.8 Å². The Labute approximate surface area is 140 Å². The van der Waals surface area contributed by atoms with E-state index in [1.807, 2.05) is 24.3 Å². The monoisotopic (exact) mass is 315 g/mol. The number of piperidine rings is 1. The summed E-state index contributed by atoms with van der Waals surface area (Å²) in [7, 11) is 0. The lowest BCUT2D eigenvalue weighted by Crippen LogP contribution is -2.39. The second-order valence-corrected chi connectivity index (χ2v) is 7.57. The number of nitrogens with zero attached hydrogens (tertiary/aromatic N) is 1. The zero-order valence-electron chi connectivity index (χ0n) is 14.5. The second-order valence-electron chi connectivity index (χ2n) is 7.57. The molecule has 0 spiro atoms. The fraction of sp³-hybridized carbons (Fsp3) is 0.650. The van der Waals surface area contributed by atoms with E-state index in [9.17, 15) is 4.79 Å². The molecule has 2 aliphatic rings. The highest BCUT2D eigenvalue weighted by molar-refractivity contribution is 5.99. The Morgan fingerprint density at radius 3 is 2.39 bits per heavy atom. The van der Waals surface area contributed by atoms with E-state index < -0.39 is 0 Å². The van der Waals surface area contributed by atoms with Crippen LogP contribution in [0.5, 0.6) is 5.75 Å². The summed E-state index contributed by atoms with van der Waals surface area (Å²) in [6.45, 7) is 9.01. The van der Waals surface area contributed by atoms with E-state index in [-0.39, 0.29) is 5.92 Å². The van der Waals surface area contributed by atoms with Crippen LogP contribution in [0.4, 0.5) is 0 Å². The summed E-state index contributed by atoms with van der Waals surface area (Å²) >= 11 is 0. The number of carbonyl (C=O) groups excluding carboxylic acids is 1. The van der Waals surface area contributed by atoms with E-state index in [1.165, 1.54) is 19.5 Å². The van der Waals surface area contributed by atoms with Gasteiger partial charge in [-0.1, -0.05) is 13.8 Å². The van der Waals surface area contributed by atoms with Gasteiger partial charge < -0.3 is 9.64 Å². The van der Waals surface area contributed by atoms with Gasteiger partial charge in [0.25, 0.3) is 0 Å². The highest BCUT2D eigenvalue weighted by Gasteiger charge is 2.30. The van der Waals surface area contributed by atoms with Crippen molar-refractivity contribution in [3.63, 3.8) is 0 Å². The molecule has 0 bridgehead atoms. The maximum absolute atomic E-state index is 12.0. The van der Waals surface area contributed by atoms with Crippen molar-refractivity contribution in [3.8, 4) is 5.75 Å². The van der Waals surface area contributed by atoms with Crippen LogP contribution >= 0.6 is 0 Å². The lowest BCUT2D eigenvalue weighted by Gasteiger charge is -2.34. The third kappa shape index (κ3) is 4.81. The summed E-state index contributed by atoms with van der Waals surface area (Å²) < 4.78 is 5.82. The first-order valence-electron chi connectivity index (χ1n) is 9.11. The maximum atomic E-state index is 12.0. The normalized spacial score (nSPS) is 25.3. The van der Waals surface area contributed by atoms with Crippen molar-refractivity contribution in [2.24, 2.45) is 17.8 Å². The molecule has 3 heteroatoms. The predicted molar refractivity (Wildman–Crippen MR) is 93.0 cm³/mol. The van der Waals surface area contributed by atoms with Crippen LogP contribution in [0.25, 0.3) is 0 Å². The number of carbonyl (C=O) groups is 1. The average Bonchev–Trinajstić information content (AvgIpc) is 3.35. The van der Waals surface area contributed by atoms with E-state index in [4.69, 9.17) is 4.74 Å². The van der Waals surface area contributed by atoms with Crippen molar-refractivity contribution in [2.75, 3.05) is 26.2 Å². The molecule has 1 aliphatic heterocycles. The number of rotatable bonds is 7. The van der Waals surface area contributed by atoms with Crippen LogP contribution in [0, 0.1) is 17.8 Å². The molecule has 3 rings (SSSR count). The number of likely N-dealkylation sites (tertiary alicyclic amines) is 1. The minimum Gasteiger partial charge on any atom is -0.494 e. The lowest BCUT2D eigenvalue weighted by atomic mass is 9.92. The zero-order valence-corrected chi connectivity index (χ0v) is 14.5. The maximum Gasteiger partial charge on any atom is 0.165 e. The molecule has 0 radical (unpaired) electrons. The molecule has 126 valence electrons. The molecule has 0 unspecified atom stereocenters. The van der Waals surface area contributed by atoms with Gasteiger partial charge >= 0.3 is 0 Å². The zero-order chi connectivity index (χ0) is 16.2. The molecular weight excluding hydrogens is 286 g/mol. The van der Waals surface area contributed by atoms with Crippen molar-refractivity contribution < 1.29 is 9.53 Å². The van der Waals surface area contributed by atoms with Gasteiger partial charge in [0.1, 0.15) is 5.75 Å². The van der Waals surface area contributed by atoms with Gasteiger partial charge in [-0.15, -0.1) is 0 Å². The van der Waals surface area contributed by atoms with E-state index >= 15 is 0 Å². The Hall–Kier alpha value is -1.35. The second kappa shape index (κ2) is 7.48. The molecule has 0 aromatic heterocycles. The van der Waals surface area contributed by atoms with Crippen LogP contribution in [0.1, 0.15) is 49.9 Å². The van der Waals surface area contributed by atoms with Gasteiger partial charge in [0.05, 0.1) is 6.61 Å². The minimum atomic E-state index is 0.288. The number of Topliss-reactive ketones (excluding diaryl/α,β-unsaturated/α-hetero) is 1. The first-order chi connectivity index (χ1) is 11.1. The molecule has 1 saturated carbocycles. The predicted octanol–water partition coefficient (Wildman–Crippen LogP) is 4.03.